The Bertz CT molecular complexity index is 957. The molecule has 1 atom stereocenters. The van der Waals surface area contributed by atoms with Gasteiger partial charge in [-0.25, -0.2) is 12.7 Å². The van der Waals surface area contributed by atoms with Gasteiger partial charge in [-0.05, 0) is 56.7 Å². The zero-order valence-corrected chi connectivity index (χ0v) is 18.2. The van der Waals surface area contributed by atoms with Crippen molar-refractivity contribution >= 4 is 15.9 Å². The van der Waals surface area contributed by atoms with Crippen LogP contribution in [0.1, 0.15) is 42.7 Å². The zero-order valence-electron chi connectivity index (χ0n) is 17.4. The summed E-state index contributed by atoms with van der Waals surface area (Å²) in [7, 11) is -0.712. The Labute approximate surface area is 172 Å². The molecule has 1 unspecified atom stereocenters. The number of hydrogen-bond acceptors (Lipinski definition) is 5. The molecule has 0 aliphatic rings. The number of amides is 1. The topological polar surface area (TPSA) is 84.9 Å². The lowest BCUT2D eigenvalue weighted by molar-refractivity contribution is 0.0939. The summed E-state index contributed by atoms with van der Waals surface area (Å²) < 4.78 is 36.9. The van der Waals surface area contributed by atoms with Crippen LogP contribution in [0, 0.1) is 0 Å². The minimum Gasteiger partial charge on any atom is -0.490 e. The molecular formula is C21H28N2O5S. The normalized spacial score (nSPS) is 12.5. The van der Waals surface area contributed by atoms with Gasteiger partial charge in [0.25, 0.3) is 5.91 Å². The number of sulfonamides is 1. The van der Waals surface area contributed by atoms with Crippen LogP contribution in [0.3, 0.4) is 0 Å². The van der Waals surface area contributed by atoms with E-state index in [-0.39, 0.29) is 22.4 Å². The molecule has 0 spiro atoms. The first-order chi connectivity index (χ1) is 13.7. The summed E-state index contributed by atoms with van der Waals surface area (Å²) in [5, 5.41) is 2.90. The van der Waals surface area contributed by atoms with E-state index in [1.807, 2.05) is 39.0 Å². The molecule has 0 aromatic heterocycles. The number of benzene rings is 2. The van der Waals surface area contributed by atoms with Crippen molar-refractivity contribution in [2.75, 3.05) is 27.3 Å². The van der Waals surface area contributed by atoms with Crippen molar-refractivity contribution < 1.29 is 22.7 Å². The summed E-state index contributed by atoms with van der Waals surface area (Å²) in [6, 6.07) is 11.2. The summed E-state index contributed by atoms with van der Waals surface area (Å²) in [5.41, 5.74) is 1.12. The van der Waals surface area contributed by atoms with Crippen LogP contribution in [-0.4, -0.2) is 45.9 Å². The average Bonchev–Trinajstić information content (AvgIpc) is 2.69. The van der Waals surface area contributed by atoms with Crippen molar-refractivity contribution in [1.82, 2.24) is 9.62 Å². The minimum atomic E-state index is -3.61. The fourth-order valence-corrected chi connectivity index (χ4v) is 3.66. The number of carbonyl (C=O) groups is 1. The van der Waals surface area contributed by atoms with Crippen LogP contribution in [0.2, 0.25) is 0 Å². The molecule has 158 valence electrons. The summed E-state index contributed by atoms with van der Waals surface area (Å²) in [6.07, 6.45) is 0. The second kappa shape index (κ2) is 9.76. The van der Waals surface area contributed by atoms with Crippen molar-refractivity contribution in [3.05, 3.63) is 53.6 Å². The highest BCUT2D eigenvalue weighted by molar-refractivity contribution is 7.89. The molecule has 0 heterocycles. The first-order valence-corrected chi connectivity index (χ1v) is 10.9. The predicted octanol–water partition coefficient (Wildman–Crippen LogP) is 3.23. The van der Waals surface area contributed by atoms with Crippen LogP contribution in [-0.2, 0) is 10.0 Å². The largest absolute Gasteiger partial charge is 0.490 e. The van der Waals surface area contributed by atoms with E-state index in [0.29, 0.717) is 24.7 Å². The number of nitrogens with one attached hydrogen (secondary N) is 1. The maximum absolute atomic E-state index is 12.7. The van der Waals surface area contributed by atoms with Gasteiger partial charge in [0.1, 0.15) is 0 Å². The smallest absolute Gasteiger partial charge is 0.251 e. The molecule has 2 aromatic carbocycles. The van der Waals surface area contributed by atoms with Crippen LogP contribution in [0.15, 0.2) is 47.4 Å². The second-order valence-electron chi connectivity index (χ2n) is 6.58. The monoisotopic (exact) mass is 420 g/mol. The van der Waals surface area contributed by atoms with Crippen molar-refractivity contribution in [3.8, 4) is 11.5 Å². The quantitative estimate of drug-likeness (QED) is 0.673. The Morgan fingerprint density at radius 3 is 2.31 bits per heavy atom. The van der Waals surface area contributed by atoms with E-state index in [0.717, 1.165) is 9.87 Å². The average molecular weight is 421 g/mol. The molecule has 1 amide bonds. The Morgan fingerprint density at radius 1 is 1.03 bits per heavy atom. The molecule has 0 saturated heterocycles. The zero-order chi connectivity index (χ0) is 21.6. The van der Waals surface area contributed by atoms with Crippen LogP contribution in [0.4, 0.5) is 0 Å². The highest BCUT2D eigenvalue weighted by Gasteiger charge is 2.20. The van der Waals surface area contributed by atoms with E-state index in [1.165, 1.54) is 26.2 Å². The molecule has 2 aromatic rings. The van der Waals surface area contributed by atoms with Crippen molar-refractivity contribution in [2.24, 2.45) is 0 Å². The fourth-order valence-electron chi connectivity index (χ4n) is 2.71. The summed E-state index contributed by atoms with van der Waals surface area (Å²) in [5.74, 6) is 0.908. The number of nitrogens with zero attached hydrogens (tertiary/aromatic N) is 1. The molecule has 0 aliphatic heterocycles. The first kappa shape index (κ1) is 22.7. The van der Waals surface area contributed by atoms with E-state index in [1.54, 1.807) is 12.1 Å². The summed E-state index contributed by atoms with van der Waals surface area (Å²) in [6.45, 7) is 6.67. The van der Waals surface area contributed by atoms with Gasteiger partial charge in [-0.2, -0.15) is 0 Å². The molecule has 0 radical (unpaired) electrons. The van der Waals surface area contributed by atoms with Crippen molar-refractivity contribution in [3.63, 3.8) is 0 Å². The van der Waals surface area contributed by atoms with Crippen molar-refractivity contribution in [2.45, 2.75) is 31.7 Å². The fraction of sp³-hybridized carbons (Fsp3) is 0.381. The molecule has 0 aliphatic carbocycles. The van der Waals surface area contributed by atoms with E-state index in [2.05, 4.69) is 5.32 Å². The molecule has 29 heavy (non-hydrogen) atoms. The standard InChI is InChI=1S/C21H28N2O5S/c1-6-27-19-12-11-16(14-20(19)28-7-2)15(3)22-21(24)17-9-8-10-18(13-17)29(25,26)23(4)5/h8-15H,6-7H2,1-5H3,(H,22,24). The number of ether oxygens (including phenoxy) is 2. The van der Waals surface area contributed by atoms with Crippen LogP contribution in [0.25, 0.3) is 0 Å². The maximum Gasteiger partial charge on any atom is 0.251 e. The second-order valence-corrected chi connectivity index (χ2v) is 8.73. The molecule has 8 heteroatoms. The third kappa shape index (κ3) is 5.48. The molecule has 0 fully saturated rings. The first-order valence-electron chi connectivity index (χ1n) is 9.43. The lowest BCUT2D eigenvalue weighted by Gasteiger charge is -2.18. The third-order valence-electron chi connectivity index (χ3n) is 4.29. The lowest BCUT2D eigenvalue weighted by Crippen LogP contribution is -2.27. The van der Waals surface area contributed by atoms with Gasteiger partial charge in [0.2, 0.25) is 10.0 Å². The van der Waals surface area contributed by atoms with Crippen molar-refractivity contribution in [1.29, 1.82) is 0 Å². The minimum absolute atomic E-state index is 0.0718. The Kier molecular flexibility index (Phi) is 7.64. The number of hydrogen-bond donors (Lipinski definition) is 1. The summed E-state index contributed by atoms with van der Waals surface area (Å²) in [4.78, 5) is 12.8. The molecule has 0 bridgehead atoms. The van der Waals surface area contributed by atoms with E-state index >= 15 is 0 Å². The maximum atomic E-state index is 12.7. The van der Waals surface area contributed by atoms with Crippen LogP contribution >= 0.6 is 0 Å². The van der Waals surface area contributed by atoms with Gasteiger partial charge in [-0.1, -0.05) is 12.1 Å². The van der Waals surface area contributed by atoms with Crippen LogP contribution in [0.5, 0.6) is 11.5 Å². The molecule has 7 nitrogen and oxygen atoms in total. The van der Waals surface area contributed by atoms with E-state index in [9.17, 15) is 13.2 Å². The predicted molar refractivity (Wildman–Crippen MR) is 112 cm³/mol. The van der Waals surface area contributed by atoms with Gasteiger partial charge < -0.3 is 14.8 Å². The summed E-state index contributed by atoms with van der Waals surface area (Å²) >= 11 is 0. The van der Waals surface area contributed by atoms with E-state index < -0.39 is 10.0 Å². The van der Waals surface area contributed by atoms with Gasteiger partial charge >= 0.3 is 0 Å². The highest BCUT2D eigenvalue weighted by Crippen LogP contribution is 2.30. The highest BCUT2D eigenvalue weighted by atomic mass is 32.2. The van der Waals surface area contributed by atoms with E-state index in [4.69, 9.17) is 9.47 Å². The molecule has 1 N–H and O–H groups in total. The Morgan fingerprint density at radius 2 is 1.69 bits per heavy atom. The number of rotatable bonds is 9. The number of carbonyl (C=O) groups excluding carboxylic acids is 1. The molecule has 2 rings (SSSR count). The SMILES string of the molecule is CCOc1ccc(C(C)NC(=O)c2cccc(S(=O)(=O)N(C)C)c2)cc1OCC. The lowest BCUT2D eigenvalue weighted by atomic mass is 10.1. The molecule has 0 saturated carbocycles. The Balaban J connectivity index is 2.22. The molecular weight excluding hydrogens is 392 g/mol. The van der Waals surface area contributed by atoms with Gasteiger partial charge in [0.05, 0.1) is 24.2 Å². The van der Waals surface area contributed by atoms with Gasteiger partial charge in [-0.15, -0.1) is 0 Å². The van der Waals surface area contributed by atoms with Gasteiger partial charge in [0, 0.05) is 19.7 Å². The van der Waals surface area contributed by atoms with Gasteiger partial charge in [0.15, 0.2) is 11.5 Å². The van der Waals surface area contributed by atoms with Gasteiger partial charge in [-0.3, -0.25) is 4.79 Å². The third-order valence-corrected chi connectivity index (χ3v) is 6.10. The Hall–Kier alpha value is -2.58. The van der Waals surface area contributed by atoms with Crippen LogP contribution < -0.4 is 14.8 Å².